The van der Waals surface area contributed by atoms with Crippen molar-refractivity contribution in [3.05, 3.63) is 53.1 Å². The molecule has 5 nitrogen and oxygen atoms in total. The number of benzene rings is 2. The Hall–Kier alpha value is -2.60. The Morgan fingerprint density at radius 3 is 2.81 bits per heavy atom. The largest absolute Gasteiger partial charge is 0.508 e. The van der Waals surface area contributed by atoms with Crippen LogP contribution >= 0.6 is 12.2 Å². The summed E-state index contributed by atoms with van der Waals surface area (Å²) in [5.41, 5.74) is 7.48. The fourth-order valence-electron chi connectivity index (χ4n) is 3.23. The molecule has 1 aliphatic heterocycles. The molecule has 2 aromatic rings. The van der Waals surface area contributed by atoms with Crippen molar-refractivity contribution in [1.29, 1.82) is 0 Å². The van der Waals surface area contributed by atoms with E-state index >= 15 is 0 Å². The molecule has 0 bridgehead atoms. The third kappa shape index (κ3) is 4.39. The third-order valence-electron chi connectivity index (χ3n) is 4.52. The smallest absolute Gasteiger partial charge is 0.191 e. The summed E-state index contributed by atoms with van der Waals surface area (Å²) in [5, 5.41) is 18.0. The highest BCUT2D eigenvalue weighted by Crippen LogP contribution is 2.35. The van der Waals surface area contributed by atoms with Crippen LogP contribution in [0, 0.1) is 6.92 Å². The van der Waals surface area contributed by atoms with Crippen molar-refractivity contribution in [3.8, 4) is 11.5 Å². The number of phenols is 1. The molecule has 6 heteroatoms. The van der Waals surface area contributed by atoms with E-state index in [2.05, 4.69) is 41.8 Å². The van der Waals surface area contributed by atoms with Gasteiger partial charge in [0.15, 0.2) is 5.11 Å². The molecule has 3 N–H and O–H groups in total. The summed E-state index contributed by atoms with van der Waals surface area (Å²) in [5.74, 6) is 0.883. The van der Waals surface area contributed by atoms with E-state index in [1.165, 1.54) is 5.56 Å². The van der Waals surface area contributed by atoms with Gasteiger partial charge in [0.05, 0.1) is 5.71 Å². The van der Waals surface area contributed by atoms with Crippen LogP contribution in [-0.4, -0.2) is 21.5 Å². The number of aromatic hydroxyl groups is 1. The third-order valence-corrected chi connectivity index (χ3v) is 4.72. The molecule has 1 aliphatic rings. The SMILES string of the molecule is CCc1cccc(C)c1NC(=S)N/N=C1/CC(C)(C)Oc2ccc(O)cc21. The Morgan fingerprint density at radius 2 is 2.07 bits per heavy atom. The second-order valence-corrected chi connectivity index (χ2v) is 7.71. The van der Waals surface area contributed by atoms with Gasteiger partial charge in [-0.1, -0.05) is 25.1 Å². The average Bonchev–Trinajstić information content (AvgIpc) is 2.61. The molecule has 0 aromatic heterocycles. The van der Waals surface area contributed by atoms with Crippen molar-refractivity contribution in [2.24, 2.45) is 5.10 Å². The van der Waals surface area contributed by atoms with Crippen LogP contribution in [0.1, 0.15) is 43.9 Å². The number of anilines is 1. The predicted octanol–water partition coefficient (Wildman–Crippen LogP) is 4.51. The summed E-state index contributed by atoms with van der Waals surface area (Å²) in [7, 11) is 0. The van der Waals surface area contributed by atoms with Gasteiger partial charge >= 0.3 is 0 Å². The minimum absolute atomic E-state index is 0.179. The van der Waals surface area contributed by atoms with Crippen LogP contribution in [0.2, 0.25) is 0 Å². The summed E-state index contributed by atoms with van der Waals surface area (Å²) >= 11 is 5.44. The fourth-order valence-corrected chi connectivity index (χ4v) is 3.37. The van der Waals surface area contributed by atoms with Crippen molar-refractivity contribution in [1.82, 2.24) is 5.43 Å². The number of hydrogen-bond acceptors (Lipinski definition) is 4. The maximum absolute atomic E-state index is 9.83. The number of para-hydroxylation sites is 1. The summed E-state index contributed by atoms with van der Waals surface area (Å²) in [6, 6.07) is 11.2. The summed E-state index contributed by atoms with van der Waals surface area (Å²) < 4.78 is 5.98. The number of fused-ring (bicyclic) bond motifs is 1. The molecule has 0 unspecified atom stereocenters. The predicted molar refractivity (Wildman–Crippen MR) is 114 cm³/mol. The number of thiocarbonyl (C=S) groups is 1. The molecule has 0 radical (unpaired) electrons. The van der Waals surface area contributed by atoms with Gasteiger partial charge in [-0.2, -0.15) is 5.10 Å². The van der Waals surface area contributed by atoms with Crippen LogP contribution in [0.3, 0.4) is 0 Å². The maximum Gasteiger partial charge on any atom is 0.191 e. The van der Waals surface area contributed by atoms with E-state index < -0.39 is 0 Å². The van der Waals surface area contributed by atoms with E-state index in [-0.39, 0.29) is 11.4 Å². The normalized spacial score (nSPS) is 16.4. The number of rotatable bonds is 3. The summed E-state index contributed by atoms with van der Waals surface area (Å²) in [4.78, 5) is 0. The summed E-state index contributed by atoms with van der Waals surface area (Å²) in [6.07, 6.45) is 1.52. The van der Waals surface area contributed by atoms with Gasteiger partial charge in [0.25, 0.3) is 0 Å². The lowest BCUT2D eigenvalue weighted by Gasteiger charge is -2.33. The Balaban J connectivity index is 1.82. The van der Waals surface area contributed by atoms with Crippen LogP contribution in [0.15, 0.2) is 41.5 Å². The van der Waals surface area contributed by atoms with Gasteiger partial charge in [0, 0.05) is 17.7 Å². The van der Waals surface area contributed by atoms with Crippen molar-refractivity contribution in [2.75, 3.05) is 5.32 Å². The first-order valence-electron chi connectivity index (χ1n) is 9.03. The molecule has 0 spiro atoms. The zero-order valence-electron chi connectivity index (χ0n) is 16.1. The van der Waals surface area contributed by atoms with Crippen LogP contribution in [0.4, 0.5) is 5.69 Å². The zero-order valence-corrected chi connectivity index (χ0v) is 16.9. The number of phenolic OH excluding ortho intramolecular Hbond substituents is 1. The molecule has 0 fully saturated rings. The number of hydrazone groups is 1. The Labute approximate surface area is 165 Å². The number of hydrogen-bond donors (Lipinski definition) is 3. The average molecular weight is 384 g/mol. The molecule has 0 saturated heterocycles. The minimum atomic E-state index is -0.384. The molecule has 0 aliphatic carbocycles. The second kappa shape index (κ2) is 7.56. The van der Waals surface area contributed by atoms with E-state index in [1.54, 1.807) is 18.2 Å². The standard InChI is InChI=1S/C21H25N3O2S/c1-5-14-8-6-7-13(2)19(14)22-20(27)24-23-17-12-21(3,4)26-18-10-9-15(25)11-16(17)18/h6-11,25H,5,12H2,1-4H3,(H2,22,24,27)/b23-17-. The maximum atomic E-state index is 9.83. The molecule has 0 saturated carbocycles. The molecule has 1 heterocycles. The molecule has 2 aromatic carbocycles. The number of aryl methyl sites for hydroxylation is 2. The Bertz CT molecular complexity index is 906. The number of ether oxygens (including phenoxy) is 1. The van der Waals surface area contributed by atoms with Gasteiger partial charge in [0.1, 0.15) is 17.1 Å². The lowest BCUT2D eigenvalue weighted by Crippen LogP contribution is -2.37. The topological polar surface area (TPSA) is 65.9 Å². The lowest BCUT2D eigenvalue weighted by molar-refractivity contribution is 0.111. The Morgan fingerprint density at radius 1 is 1.30 bits per heavy atom. The molecule has 0 atom stereocenters. The van der Waals surface area contributed by atoms with E-state index in [0.29, 0.717) is 17.3 Å². The minimum Gasteiger partial charge on any atom is -0.508 e. The highest BCUT2D eigenvalue weighted by Gasteiger charge is 2.31. The summed E-state index contributed by atoms with van der Waals surface area (Å²) in [6.45, 7) is 8.19. The monoisotopic (exact) mass is 383 g/mol. The van der Waals surface area contributed by atoms with Gasteiger partial charge in [0.2, 0.25) is 0 Å². The van der Waals surface area contributed by atoms with Crippen molar-refractivity contribution < 1.29 is 9.84 Å². The second-order valence-electron chi connectivity index (χ2n) is 7.31. The van der Waals surface area contributed by atoms with E-state index in [4.69, 9.17) is 17.0 Å². The zero-order chi connectivity index (χ0) is 19.6. The lowest BCUT2D eigenvalue weighted by atomic mass is 9.92. The highest BCUT2D eigenvalue weighted by atomic mass is 32.1. The van der Waals surface area contributed by atoms with Gasteiger partial charge in [-0.15, -0.1) is 0 Å². The molecule has 27 heavy (non-hydrogen) atoms. The van der Waals surface area contributed by atoms with Crippen molar-refractivity contribution >= 4 is 28.7 Å². The molecule has 142 valence electrons. The van der Waals surface area contributed by atoms with Crippen LogP contribution in [0.25, 0.3) is 0 Å². The van der Waals surface area contributed by atoms with E-state index in [0.717, 1.165) is 28.9 Å². The van der Waals surface area contributed by atoms with Crippen molar-refractivity contribution in [3.63, 3.8) is 0 Å². The fraction of sp³-hybridized carbons (Fsp3) is 0.333. The van der Waals surface area contributed by atoms with Gasteiger partial charge < -0.3 is 15.2 Å². The molecule has 0 amide bonds. The first-order valence-corrected chi connectivity index (χ1v) is 9.44. The molecular formula is C21H25N3O2S. The highest BCUT2D eigenvalue weighted by molar-refractivity contribution is 7.80. The number of nitrogens with zero attached hydrogens (tertiary/aromatic N) is 1. The van der Waals surface area contributed by atoms with E-state index in [1.807, 2.05) is 19.9 Å². The van der Waals surface area contributed by atoms with Gasteiger partial charge in [-0.3, -0.25) is 5.43 Å². The first-order chi connectivity index (χ1) is 12.8. The molecule has 3 rings (SSSR count). The van der Waals surface area contributed by atoms with Gasteiger partial charge in [-0.25, -0.2) is 0 Å². The molecular weight excluding hydrogens is 358 g/mol. The van der Waals surface area contributed by atoms with Crippen LogP contribution in [-0.2, 0) is 6.42 Å². The van der Waals surface area contributed by atoms with Crippen LogP contribution in [0.5, 0.6) is 11.5 Å². The van der Waals surface area contributed by atoms with Crippen LogP contribution < -0.4 is 15.5 Å². The Kier molecular flexibility index (Phi) is 5.37. The first kappa shape index (κ1) is 19.2. The quantitative estimate of drug-likeness (QED) is 0.537. The van der Waals surface area contributed by atoms with Crippen molar-refractivity contribution in [2.45, 2.75) is 46.1 Å². The number of nitrogens with one attached hydrogen (secondary N) is 2. The van der Waals surface area contributed by atoms with E-state index in [9.17, 15) is 5.11 Å². The van der Waals surface area contributed by atoms with Gasteiger partial charge in [-0.05, 0) is 68.7 Å².